The van der Waals surface area contributed by atoms with Gasteiger partial charge in [-0.2, -0.15) is 0 Å². The van der Waals surface area contributed by atoms with Gasteiger partial charge < -0.3 is 0 Å². The highest BCUT2D eigenvalue weighted by molar-refractivity contribution is 7.93. The van der Waals surface area contributed by atoms with E-state index in [1.165, 1.54) is 9.87 Å². The Morgan fingerprint density at radius 2 is 1.71 bits per heavy atom. The molecule has 1 saturated heterocycles. The van der Waals surface area contributed by atoms with Gasteiger partial charge in [0, 0.05) is 6.54 Å². The first-order valence-electron chi connectivity index (χ1n) is 9.52. The molecule has 1 fully saturated rings. The number of aryl methyl sites for hydroxylation is 3. The van der Waals surface area contributed by atoms with E-state index in [1.54, 1.807) is 37.3 Å². The van der Waals surface area contributed by atoms with E-state index in [0.717, 1.165) is 31.2 Å². The predicted octanol–water partition coefficient (Wildman–Crippen LogP) is 3.21. The summed E-state index contributed by atoms with van der Waals surface area (Å²) in [6.07, 6.45) is 4.76. The zero-order valence-electron chi connectivity index (χ0n) is 15.8. The van der Waals surface area contributed by atoms with Gasteiger partial charge in [-0.25, -0.2) is 16.8 Å². The van der Waals surface area contributed by atoms with Crippen LogP contribution in [-0.2, 0) is 32.9 Å². The lowest BCUT2D eigenvalue weighted by Gasteiger charge is -2.19. The van der Waals surface area contributed by atoms with Crippen molar-refractivity contribution in [2.75, 3.05) is 21.3 Å². The van der Waals surface area contributed by atoms with Crippen LogP contribution in [0.15, 0.2) is 41.3 Å². The number of nitrogens with zero attached hydrogens (tertiary/aromatic N) is 1. The Balaban J connectivity index is 1.60. The lowest BCUT2D eigenvalue weighted by molar-refractivity contribution is 0.598. The maximum absolute atomic E-state index is 12.9. The van der Waals surface area contributed by atoms with Gasteiger partial charge in [-0.1, -0.05) is 6.07 Å². The summed E-state index contributed by atoms with van der Waals surface area (Å²) >= 11 is 0. The van der Waals surface area contributed by atoms with Crippen molar-refractivity contribution in [1.29, 1.82) is 0 Å². The smallest absolute Gasteiger partial charge is 0.261 e. The number of hydrogen-bond acceptors (Lipinski definition) is 4. The summed E-state index contributed by atoms with van der Waals surface area (Å²) in [5.74, 6) is 0.152. The Bertz CT molecular complexity index is 1120. The van der Waals surface area contributed by atoms with E-state index >= 15 is 0 Å². The van der Waals surface area contributed by atoms with E-state index in [-0.39, 0.29) is 10.6 Å². The zero-order chi connectivity index (χ0) is 19.9. The summed E-state index contributed by atoms with van der Waals surface area (Å²) in [6, 6.07) is 10.4. The molecule has 8 heteroatoms. The Hall–Kier alpha value is -2.06. The molecule has 1 aliphatic carbocycles. The molecular formula is C20H24N2O4S2. The van der Waals surface area contributed by atoms with Gasteiger partial charge in [0.15, 0.2) is 0 Å². The summed E-state index contributed by atoms with van der Waals surface area (Å²) in [5.41, 5.74) is 4.06. The molecule has 1 N–H and O–H groups in total. The van der Waals surface area contributed by atoms with Gasteiger partial charge >= 0.3 is 0 Å². The van der Waals surface area contributed by atoms with E-state index in [4.69, 9.17) is 0 Å². The third kappa shape index (κ3) is 3.63. The van der Waals surface area contributed by atoms with Gasteiger partial charge in [-0.05, 0) is 86.1 Å². The molecule has 0 atom stereocenters. The van der Waals surface area contributed by atoms with Crippen molar-refractivity contribution in [2.24, 2.45) is 0 Å². The fraction of sp³-hybridized carbons (Fsp3) is 0.400. The molecule has 6 nitrogen and oxygen atoms in total. The Labute approximate surface area is 166 Å². The first-order chi connectivity index (χ1) is 13.3. The summed E-state index contributed by atoms with van der Waals surface area (Å²) in [6.45, 7) is 2.23. The largest absolute Gasteiger partial charge is 0.279 e. The number of rotatable bonds is 4. The maximum Gasteiger partial charge on any atom is 0.261 e. The minimum atomic E-state index is -3.71. The highest BCUT2D eigenvalue weighted by Crippen LogP contribution is 2.30. The van der Waals surface area contributed by atoms with Crippen LogP contribution >= 0.6 is 0 Å². The molecule has 1 aliphatic heterocycles. The van der Waals surface area contributed by atoms with Crippen LogP contribution in [0.1, 0.15) is 36.0 Å². The van der Waals surface area contributed by atoms with Gasteiger partial charge in [0.1, 0.15) is 0 Å². The fourth-order valence-corrected chi connectivity index (χ4v) is 6.66. The van der Waals surface area contributed by atoms with E-state index < -0.39 is 20.0 Å². The van der Waals surface area contributed by atoms with Gasteiger partial charge in [-0.3, -0.25) is 9.03 Å². The van der Waals surface area contributed by atoms with Crippen LogP contribution < -0.4 is 9.03 Å². The van der Waals surface area contributed by atoms with Crippen molar-refractivity contribution in [1.82, 2.24) is 0 Å². The van der Waals surface area contributed by atoms with Crippen LogP contribution in [0.3, 0.4) is 0 Å². The number of nitrogens with one attached hydrogen (secondary N) is 1. The van der Waals surface area contributed by atoms with Crippen molar-refractivity contribution in [2.45, 2.75) is 43.9 Å². The molecule has 2 aromatic carbocycles. The van der Waals surface area contributed by atoms with Crippen LogP contribution in [-0.4, -0.2) is 29.1 Å². The molecule has 4 rings (SSSR count). The van der Waals surface area contributed by atoms with Crippen molar-refractivity contribution < 1.29 is 16.8 Å². The molecule has 28 heavy (non-hydrogen) atoms. The second-order valence-electron chi connectivity index (χ2n) is 7.48. The number of hydrogen-bond donors (Lipinski definition) is 1. The third-order valence-corrected chi connectivity index (χ3v) is 8.70. The normalized spacial score (nSPS) is 18.7. The van der Waals surface area contributed by atoms with Crippen molar-refractivity contribution in [3.05, 3.63) is 53.1 Å². The molecule has 1 heterocycles. The molecule has 0 radical (unpaired) electrons. The van der Waals surface area contributed by atoms with Gasteiger partial charge in [0.2, 0.25) is 10.0 Å². The van der Waals surface area contributed by atoms with E-state index in [1.807, 2.05) is 6.07 Å². The SMILES string of the molecule is Cc1cc(N2CCCS2(=O)=O)ccc1NS(=O)(=O)c1ccc2c(c1)CCCC2. The molecule has 0 unspecified atom stereocenters. The molecular weight excluding hydrogens is 396 g/mol. The first kappa shape index (κ1) is 19.3. The van der Waals surface area contributed by atoms with Crippen molar-refractivity contribution in [3.8, 4) is 0 Å². The number of fused-ring (bicyclic) bond motifs is 1. The molecule has 2 aromatic rings. The van der Waals surface area contributed by atoms with E-state index in [0.29, 0.717) is 29.9 Å². The Morgan fingerprint density at radius 3 is 2.39 bits per heavy atom. The van der Waals surface area contributed by atoms with E-state index in [2.05, 4.69) is 4.72 Å². The molecule has 150 valence electrons. The molecule has 0 amide bonds. The standard InChI is InChI=1S/C20H24N2O4S2/c1-15-13-18(22-11-4-12-27(22,23)24)8-10-20(15)21-28(25,26)19-9-7-16-5-2-3-6-17(16)14-19/h7-10,13-14,21H,2-6,11-12H2,1H3. The predicted molar refractivity (Wildman–Crippen MR) is 111 cm³/mol. The maximum atomic E-state index is 12.9. The Morgan fingerprint density at radius 1 is 0.964 bits per heavy atom. The summed E-state index contributed by atoms with van der Waals surface area (Å²) in [7, 11) is -6.97. The monoisotopic (exact) mass is 420 g/mol. The van der Waals surface area contributed by atoms with Crippen LogP contribution in [0.25, 0.3) is 0 Å². The van der Waals surface area contributed by atoms with Crippen molar-refractivity contribution in [3.63, 3.8) is 0 Å². The average Bonchev–Trinajstić information content (AvgIpc) is 3.02. The van der Waals surface area contributed by atoms with Gasteiger partial charge in [0.25, 0.3) is 10.0 Å². The highest BCUT2D eigenvalue weighted by Gasteiger charge is 2.28. The molecule has 0 spiro atoms. The zero-order valence-corrected chi connectivity index (χ0v) is 17.4. The van der Waals surface area contributed by atoms with Gasteiger partial charge in [-0.15, -0.1) is 0 Å². The number of anilines is 2. The molecule has 0 saturated carbocycles. The minimum Gasteiger partial charge on any atom is -0.279 e. The second kappa shape index (κ2) is 7.08. The number of benzene rings is 2. The Kier molecular flexibility index (Phi) is 4.87. The van der Waals surface area contributed by atoms with Gasteiger partial charge in [0.05, 0.1) is 22.0 Å². The van der Waals surface area contributed by atoms with Crippen LogP contribution in [0.4, 0.5) is 11.4 Å². The van der Waals surface area contributed by atoms with Crippen LogP contribution in [0, 0.1) is 6.92 Å². The lowest BCUT2D eigenvalue weighted by atomic mass is 9.92. The van der Waals surface area contributed by atoms with Crippen LogP contribution in [0.5, 0.6) is 0 Å². The molecule has 0 aromatic heterocycles. The third-order valence-electron chi connectivity index (χ3n) is 5.47. The summed E-state index contributed by atoms with van der Waals surface area (Å²) in [4.78, 5) is 0.263. The quantitative estimate of drug-likeness (QED) is 0.823. The van der Waals surface area contributed by atoms with Crippen molar-refractivity contribution >= 4 is 31.4 Å². The van der Waals surface area contributed by atoms with Crippen LogP contribution in [0.2, 0.25) is 0 Å². The topological polar surface area (TPSA) is 83.6 Å². The van der Waals surface area contributed by atoms with E-state index in [9.17, 15) is 16.8 Å². The lowest BCUT2D eigenvalue weighted by Crippen LogP contribution is -2.25. The highest BCUT2D eigenvalue weighted by atomic mass is 32.2. The number of sulfonamides is 2. The molecule has 0 bridgehead atoms. The minimum absolute atomic E-state index is 0.152. The second-order valence-corrected chi connectivity index (χ2v) is 11.2. The fourth-order valence-electron chi connectivity index (χ4n) is 3.93. The molecule has 2 aliphatic rings. The summed E-state index contributed by atoms with van der Waals surface area (Å²) in [5, 5.41) is 0. The first-order valence-corrected chi connectivity index (χ1v) is 12.6. The summed E-state index contributed by atoms with van der Waals surface area (Å²) < 4.78 is 54.0. The average molecular weight is 421 g/mol.